The average Bonchev–Trinajstić information content (AvgIpc) is 2.84. The number of nitrogens with one attached hydrogen (secondary N) is 3. The lowest BCUT2D eigenvalue weighted by Gasteiger charge is -2.10. The standard InChI is InChI=1S/C25H24N4O4/c1-18-9-5-7-13-21(18)28-24(31)25(32)29-27-16-20-12-6-8-14-22(20)33-17-23(30)26-15-19-10-3-2-4-11-19/h2-14,16H,15,17H2,1H3,(H,26,30)(H,28,31)(H,29,32)/b27-16-. The number of aryl methyl sites for hydroxylation is 1. The second-order valence-electron chi connectivity index (χ2n) is 7.06. The van der Waals surface area contributed by atoms with Gasteiger partial charge in [0, 0.05) is 17.8 Å². The van der Waals surface area contributed by atoms with Gasteiger partial charge in [-0.3, -0.25) is 14.4 Å². The molecule has 0 bridgehead atoms. The van der Waals surface area contributed by atoms with Gasteiger partial charge in [0.05, 0.1) is 6.21 Å². The topological polar surface area (TPSA) is 109 Å². The zero-order valence-electron chi connectivity index (χ0n) is 18.1. The predicted molar refractivity (Wildman–Crippen MR) is 126 cm³/mol. The van der Waals surface area contributed by atoms with E-state index in [0.29, 0.717) is 23.5 Å². The van der Waals surface area contributed by atoms with Crippen LogP contribution < -0.4 is 20.8 Å². The Morgan fingerprint density at radius 3 is 2.36 bits per heavy atom. The van der Waals surface area contributed by atoms with Gasteiger partial charge in [-0.1, -0.05) is 60.7 Å². The number of rotatable bonds is 8. The lowest BCUT2D eigenvalue weighted by Crippen LogP contribution is -2.32. The number of hydrogen-bond acceptors (Lipinski definition) is 5. The molecule has 8 nitrogen and oxygen atoms in total. The number of anilines is 1. The minimum Gasteiger partial charge on any atom is -0.483 e. The van der Waals surface area contributed by atoms with Crippen LogP contribution in [-0.2, 0) is 20.9 Å². The van der Waals surface area contributed by atoms with Crippen molar-refractivity contribution in [1.29, 1.82) is 0 Å². The lowest BCUT2D eigenvalue weighted by molar-refractivity contribution is -0.136. The van der Waals surface area contributed by atoms with E-state index in [1.165, 1.54) is 6.21 Å². The molecule has 0 radical (unpaired) electrons. The third-order valence-electron chi connectivity index (χ3n) is 4.58. The number of para-hydroxylation sites is 2. The molecule has 168 valence electrons. The normalized spacial score (nSPS) is 10.5. The third kappa shape index (κ3) is 7.32. The number of ether oxygens (including phenoxy) is 1. The van der Waals surface area contributed by atoms with Crippen molar-refractivity contribution >= 4 is 29.6 Å². The Morgan fingerprint density at radius 2 is 1.58 bits per heavy atom. The Balaban J connectivity index is 1.50. The van der Waals surface area contributed by atoms with Crippen LogP contribution in [0.1, 0.15) is 16.7 Å². The zero-order chi connectivity index (χ0) is 23.5. The summed E-state index contributed by atoms with van der Waals surface area (Å²) < 4.78 is 5.59. The number of hydrazone groups is 1. The molecule has 0 aliphatic heterocycles. The van der Waals surface area contributed by atoms with Crippen LogP contribution >= 0.6 is 0 Å². The van der Waals surface area contributed by atoms with E-state index in [0.717, 1.165) is 11.1 Å². The van der Waals surface area contributed by atoms with Crippen LogP contribution in [0.15, 0.2) is 84.0 Å². The molecule has 3 rings (SSSR count). The molecular weight excluding hydrogens is 420 g/mol. The molecule has 0 saturated carbocycles. The number of nitrogens with zero attached hydrogens (tertiary/aromatic N) is 1. The lowest BCUT2D eigenvalue weighted by atomic mass is 10.2. The molecule has 0 heterocycles. The first-order chi connectivity index (χ1) is 16.0. The molecule has 0 spiro atoms. The zero-order valence-corrected chi connectivity index (χ0v) is 18.1. The molecular formula is C25H24N4O4. The van der Waals surface area contributed by atoms with Gasteiger partial charge in [-0.05, 0) is 36.2 Å². The summed E-state index contributed by atoms with van der Waals surface area (Å²) in [6.45, 7) is 2.05. The first kappa shape index (κ1) is 23.2. The van der Waals surface area contributed by atoms with E-state index in [9.17, 15) is 14.4 Å². The third-order valence-corrected chi connectivity index (χ3v) is 4.58. The molecule has 0 fully saturated rings. The maximum Gasteiger partial charge on any atom is 0.329 e. The Hall–Kier alpha value is -4.46. The molecule has 0 aromatic heterocycles. The molecule has 3 N–H and O–H groups in total. The summed E-state index contributed by atoms with van der Waals surface area (Å²) >= 11 is 0. The summed E-state index contributed by atoms with van der Waals surface area (Å²) in [6, 6.07) is 23.6. The van der Waals surface area contributed by atoms with Gasteiger partial charge in [-0.15, -0.1) is 0 Å². The molecule has 3 amide bonds. The van der Waals surface area contributed by atoms with Crippen molar-refractivity contribution in [2.75, 3.05) is 11.9 Å². The second kappa shape index (κ2) is 11.8. The van der Waals surface area contributed by atoms with E-state index >= 15 is 0 Å². The van der Waals surface area contributed by atoms with Crippen LogP contribution in [0.3, 0.4) is 0 Å². The van der Waals surface area contributed by atoms with Gasteiger partial charge >= 0.3 is 11.8 Å². The summed E-state index contributed by atoms with van der Waals surface area (Å²) in [4.78, 5) is 36.1. The fourth-order valence-electron chi connectivity index (χ4n) is 2.81. The Labute approximate surface area is 191 Å². The van der Waals surface area contributed by atoms with Crippen LogP contribution in [0.4, 0.5) is 5.69 Å². The van der Waals surface area contributed by atoms with Gasteiger partial charge in [0.2, 0.25) is 0 Å². The largest absolute Gasteiger partial charge is 0.483 e. The van der Waals surface area contributed by atoms with Gasteiger partial charge < -0.3 is 15.4 Å². The summed E-state index contributed by atoms with van der Waals surface area (Å²) in [5, 5.41) is 9.14. The van der Waals surface area contributed by atoms with Gasteiger partial charge in [0.1, 0.15) is 5.75 Å². The smallest absolute Gasteiger partial charge is 0.329 e. The van der Waals surface area contributed by atoms with Gasteiger partial charge in [-0.2, -0.15) is 5.10 Å². The number of hydrogen-bond donors (Lipinski definition) is 3. The monoisotopic (exact) mass is 444 g/mol. The molecule has 3 aromatic carbocycles. The molecule has 33 heavy (non-hydrogen) atoms. The maximum absolute atomic E-state index is 12.1. The van der Waals surface area contributed by atoms with Crippen LogP contribution in [0.5, 0.6) is 5.75 Å². The fourth-order valence-corrected chi connectivity index (χ4v) is 2.81. The van der Waals surface area contributed by atoms with Gasteiger partial charge in [0.25, 0.3) is 5.91 Å². The van der Waals surface area contributed by atoms with Gasteiger partial charge in [-0.25, -0.2) is 5.43 Å². The highest BCUT2D eigenvalue weighted by atomic mass is 16.5. The van der Waals surface area contributed by atoms with E-state index in [1.807, 2.05) is 49.4 Å². The van der Waals surface area contributed by atoms with Gasteiger partial charge in [0.15, 0.2) is 6.61 Å². The minimum absolute atomic E-state index is 0.178. The molecule has 0 unspecified atom stereocenters. The van der Waals surface area contributed by atoms with Crippen molar-refractivity contribution in [2.45, 2.75) is 13.5 Å². The second-order valence-corrected chi connectivity index (χ2v) is 7.06. The molecule has 3 aromatic rings. The van der Waals surface area contributed by atoms with E-state index < -0.39 is 11.8 Å². The summed E-state index contributed by atoms with van der Waals surface area (Å²) in [6.07, 6.45) is 1.34. The van der Waals surface area contributed by atoms with Crippen LogP contribution in [0, 0.1) is 6.92 Å². The number of benzene rings is 3. The number of carbonyl (C=O) groups is 3. The van der Waals surface area contributed by atoms with Crippen molar-refractivity contribution < 1.29 is 19.1 Å². The molecule has 8 heteroatoms. The van der Waals surface area contributed by atoms with Crippen molar-refractivity contribution in [2.24, 2.45) is 5.10 Å². The first-order valence-corrected chi connectivity index (χ1v) is 10.3. The molecule has 0 atom stereocenters. The molecule has 0 saturated heterocycles. The van der Waals surface area contributed by atoms with Crippen LogP contribution in [0.2, 0.25) is 0 Å². The summed E-state index contributed by atoms with van der Waals surface area (Å²) in [7, 11) is 0. The first-order valence-electron chi connectivity index (χ1n) is 10.3. The quantitative estimate of drug-likeness (QED) is 0.282. The summed E-state index contributed by atoms with van der Waals surface area (Å²) in [5.41, 5.74) is 5.09. The highest BCUT2D eigenvalue weighted by Crippen LogP contribution is 2.16. The minimum atomic E-state index is -0.909. The van der Waals surface area contributed by atoms with Crippen molar-refractivity contribution in [3.05, 3.63) is 95.6 Å². The molecule has 0 aliphatic carbocycles. The van der Waals surface area contributed by atoms with E-state index in [-0.39, 0.29) is 12.5 Å². The van der Waals surface area contributed by atoms with Crippen LogP contribution in [-0.4, -0.2) is 30.5 Å². The van der Waals surface area contributed by atoms with E-state index in [4.69, 9.17) is 4.74 Å². The number of amides is 3. The predicted octanol–water partition coefficient (Wildman–Crippen LogP) is 2.78. The highest BCUT2D eigenvalue weighted by Gasteiger charge is 2.14. The van der Waals surface area contributed by atoms with Crippen LogP contribution in [0.25, 0.3) is 0 Å². The fraction of sp³-hybridized carbons (Fsp3) is 0.120. The molecule has 0 aliphatic rings. The summed E-state index contributed by atoms with van der Waals surface area (Å²) in [5.74, 6) is -1.60. The van der Waals surface area contributed by atoms with E-state index in [2.05, 4.69) is 21.2 Å². The van der Waals surface area contributed by atoms with E-state index in [1.54, 1.807) is 36.4 Å². The average molecular weight is 444 g/mol. The van der Waals surface area contributed by atoms with Crippen molar-refractivity contribution in [1.82, 2.24) is 10.7 Å². The van der Waals surface area contributed by atoms with Crippen molar-refractivity contribution in [3.8, 4) is 5.75 Å². The number of carbonyl (C=O) groups excluding carboxylic acids is 3. The Kier molecular flexibility index (Phi) is 8.30. The Bertz CT molecular complexity index is 1150. The highest BCUT2D eigenvalue weighted by molar-refractivity contribution is 6.39. The Morgan fingerprint density at radius 1 is 0.879 bits per heavy atom. The van der Waals surface area contributed by atoms with Crippen molar-refractivity contribution in [3.63, 3.8) is 0 Å². The SMILES string of the molecule is Cc1ccccc1NC(=O)C(=O)N/N=C\c1ccccc1OCC(=O)NCc1ccccc1. The maximum atomic E-state index is 12.1.